The van der Waals surface area contributed by atoms with Gasteiger partial charge in [-0.15, -0.1) is 24.0 Å². The lowest BCUT2D eigenvalue weighted by Crippen LogP contribution is -2.39. The minimum absolute atomic E-state index is 0. The Morgan fingerprint density at radius 2 is 1.82 bits per heavy atom. The van der Waals surface area contributed by atoms with Gasteiger partial charge in [0.25, 0.3) is 0 Å². The molecule has 1 saturated heterocycles. The summed E-state index contributed by atoms with van der Waals surface area (Å²) in [4.78, 5) is 4.79. The summed E-state index contributed by atoms with van der Waals surface area (Å²) in [6, 6.07) is 16.5. The Morgan fingerprint density at radius 3 is 2.46 bits per heavy atom. The van der Waals surface area contributed by atoms with Gasteiger partial charge in [0.2, 0.25) is 10.0 Å². The Hall–Kier alpha value is -1.65. The van der Waals surface area contributed by atoms with Gasteiger partial charge in [0.15, 0.2) is 5.96 Å². The summed E-state index contributed by atoms with van der Waals surface area (Å²) in [5, 5.41) is 3.10. The maximum Gasteiger partial charge on any atom is 0.243 e. The number of anilines is 1. The molecule has 0 saturated carbocycles. The second-order valence-corrected chi connectivity index (χ2v) is 8.82. The molecule has 1 aliphatic rings. The van der Waals surface area contributed by atoms with Crippen LogP contribution in [0.15, 0.2) is 64.5 Å². The maximum atomic E-state index is 12.7. The van der Waals surface area contributed by atoms with E-state index < -0.39 is 10.0 Å². The van der Waals surface area contributed by atoms with Crippen molar-refractivity contribution < 1.29 is 8.42 Å². The van der Waals surface area contributed by atoms with E-state index in [1.165, 1.54) is 0 Å². The van der Waals surface area contributed by atoms with Crippen molar-refractivity contribution in [3.8, 4) is 0 Å². The smallest absolute Gasteiger partial charge is 0.243 e. The van der Waals surface area contributed by atoms with E-state index in [1.807, 2.05) is 37.3 Å². The summed E-state index contributed by atoms with van der Waals surface area (Å²) in [7, 11) is -3.40. The van der Waals surface area contributed by atoms with Crippen LogP contribution in [0.3, 0.4) is 0 Å². The summed E-state index contributed by atoms with van der Waals surface area (Å²) in [6.07, 6.45) is 1.57. The largest absolute Gasteiger partial charge is 0.370 e. The molecule has 6 nitrogen and oxygen atoms in total. The number of hydrogen-bond donors (Lipinski definition) is 2. The first-order valence-corrected chi connectivity index (χ1v) is 10.6. The number of nitrogens with one attached hydrogen (secondary N) is 1. The van der Waals surface area contributed by atoms with Crippen LogP contribution < -0.4 is 11.1 Å². The highest BCUT2D eigenvalue weighted by molar-refractivity contribution is 14.0. The van der Waals surface area contributed by atoms with E-state index in [9.17, 15) is 8.42 Å². The molecule has 28 heavy (non-hydrogen) atoms. The van der Waals surface area contributed by atoms with Crippen LogP contribution in [-0.2, 0) is 10.0 Å². The van der Waals surface area contributed by atoms with Crippen LogP contribution in [-0.4, -0.2) is 38.3 Å². The zero-order chi connectivity index (χ0) is 19.3. The van der Waals surface area contributed by atoms with Gasteiger partial charge >= 0.3 is 0 Å². The van der Waals surface area contributed by atoms with Crippen LogP contribution in [0, 0.1) is 12.8 Å². The molecule has 3 rings (SSSR count). The molecule has 152 valence electrons. The summed E-state index contributed by atoms with van der Waals surface area (Å²) in [6.45, 7) is 3.66. The van der Waals surface area contributed by atoms with E-state index in [-0.39, 0.29) is 24.0 Å². The van der Waals surface area contributed by atoms with E-state index in [1.54, 1.807) is 28.6 Å². The third-order valence-electron chi connectivity index (χ3n) is 4.76. The number of benzene rings is 2. The fourth-order valence-electron chi connectivity index (χ4n) is 3.21. The van der Waals surface area contributed by atoms with E-state index in [2.05, 4.69) is 10.3 Å². The molecule has 2 aromatic rings. The molecule has 8 heteroatoms. The topological polar surface area (TPSA) is 87.8 Å². The van der Waals surface area contributed by atoms with Gasteiger partial charge in [-0.3, -0.25) is 4.99 Å². The predicted molar refractivity (Wildman–Crippen MR) is 125 cm³/mol. The van der Waals surface area contributed by atoms with Crippen LogP contribution in [0.1, 0.15) is 18.4 Å². The van der Waals surface area contributed by atoms with Gasteiger partial charge in [-0.25, -0.2) is 8.42 Å². The molecule has 1 fully saturated rings. The lowest BCUT2D eigenvalue weighted by Gasteiger charge is -2.30. The normalized spacial score (nSPS) is 16.4. The Bertz CT molecular complexity index is 895. The molecular formula is C20H27IN4O2S. The third-order valence-corrected chi connectivity index (χ3v) is 6.68. The number of halogens is 1. The second kappa shape index (κ2) is 10.2. The van der Waals surface area contributed by atoms with Gasteiger partial charge < -0.3 is 11.1 Å². The van der Waals surface area contributed by atoms with Crippen molar-refractivity contribution in [3.63, 3.8) is 0 Å². The summed E-state index contributed by atoms with van der Waals surface area (Å²) < 4.78 is 26.9. The number of rotatable bonds is 5. The van der Waals surface area contributed by atoms with Crippen LogP contribution in [0.2, 0.25) is 0 Å². The van der Waals surface area contributed by atoms with Crippen LogP contribution >= 0.6 is 24.0 Å². The van der Waals surface area contributed by atoms with Crippen molar-refractivity contribution in [1.82, 2.24) is 4.31 Å². The van der Waals surface area contributed by atoms with Crippen molar-refractivity contribution in [2.24, 2.45) is 16.6 Å². The standard InChI is InChI=1S/C20H26N4O2S.HI/c1-16-6-5-7-18(14-16)23-20(21)22-15-17-10-12-24(13-11-17)27(25,26)19-8-3-2-4-9-19;/h2-9,14,17H,10-13,15H2,1H3,(H3,21,22,23);1H. The molecule has 0 radical (unpaired) electrons. The van der Waals surface area contributed by atoms with Crippen molar-refractivity contribution in [3.05, 3.63) is 60.2 Å². The molecule has 0 amide bonds. The molecule has 0 spiro atoms. The molecule has 0 aliphatic carbocycles. The van der Waals surface area contributed by atoms with Gasteiger partial charge in [-0.05, 0) is 55.5 Å². The first-order chi connectivity index (χ1) is 12.9. The first-order valence-electron chi connectivity index (χ1n) is 9.14. The summed E-state index contributed by atoms with van der Waals surface area (Å²) in [5.41, 5.74) is 8.05. The van der Waals surface area contributed by atoms with E-state index in [0.29, 0.717) is 36.4 Å². The van der Waals surface area contributed by atoms with Crippen LogP contribution in [0.5, 0.6) is 0 Å². The molecule has 3 N–H and O–H groups in total. The van der Waals surface area contributed by atoms with Crippen molar-refractivity contribution in [1.29, 1.82) is 0 Å². The average molecular weight is 514 g/mol. The second-order valence-electron chi connectivity index (χ2n) is 6.88. The van der Waals surface area contributed by atoms with E-state index in [4.69, 9.17) is 5.73 Å². The number of hydrogen-bond acceptors (Lipinski definition) is 3. The molecule has 2 aromatic carbocycles. The Labute approximate surface area is 184 Å². The van der Waals surface area contributed by atoms with Gasteiger partial charge in [0.1, 0.15) is 0 Å². The van der Waals surface area contributed by atoms with E-state index >= 15 is 0 Å². The Kier molecular flexibility index (Phi) is 8.26. The predicted octanol–water partition coefficient (Wildman–Crippen LogP) is 3.44. The molecule has 0 atom stereocenters. The fraction of sp³-hybridized carbons (Fsp3) is 0.350. The zero-order valence-electron chi connectivity index (χ0n) is 15.9. The highest BCUT2D eigenvalue weighted by atomic mass is 127. The number of nitrogens with two attached hydrogens (primary N) is 1. The van der Waals surface area contributed by atoms with E-state index in [0.717, 1.165) is 24.1 Å². The Balaban J connectivity index is 0.00000280. The summed E-state index contributed by atoms with van der Waals surface area (Å²) >= 11 is 0. The fourth-order valence-corrected chi connectivity index (χ4v) is 4.70. The third kappa shape index (κ3) is 5.92. The Morgan fingerprint density at radius 1 is 1.14 bits per heavy atom. The number of sulfonamides is 1. The van der Waals surface area contributed by atoms with Crippen molar-refractivity contribution in [2.45, 2.75) is 24.7 Å². The molecule has 0 bridgehead atoms. The number of piperidine rings is 1. The highest BCUT2D eigenvalue weighted by Gasteiger charge is 2.29. The van der Waals surface area contributed by atoms with Crippen LogP contribution in [0.25, 0.3) is 0 Å². The monoisotopic (exact) mass is 514 g/mol. The molecule has 0 unspecified atom stereocenters. The SMILES string of the molecule is Cc1cccc(NC(N)=NCC2CCN(S(=O)(=O)c3ccccc3)CC2)c1.I. The molecule has 0 aromatic heterocycles. The average Bonchev–Trinajstić information content (AvgIpc) is 2.67. The molecular weight excluding hydrogens is 487 g/mol. The van der Waals surface area contributed by atoms with Crippen molar-refractivity contribution in [2.75, 3.05) is 25.0 Å². The van der Waals surface area contributed by atoms with Gasteiger partial charge in [-0.1, -0.05) is 30.3 Å². The first kappa shape index (κ1) is 22.6. The summed E-state index contributed by atoms with van der Waals surface area (Å²) in [5.74, 6) is 0.727. The number of aliphatic imine (C=N–C) groups is 1. The molecule has 1 aliphatic heterocycles. The number of nitrogens with zero attached hydrogens (tertiary/aromatic N) is 2. The lowest BCUT2D eigenvalue weighted by atomic mass is 9.98. The maximum absolute atomic E-state index is 12.7. The zero-order valence-corrected chi connectivity index (χ0v) is 19.1. The number of aryl methyl sites for hydroxylation is 1. The quantitative estimate of drug-likeness (QED) is 0.364. The van der Waals surface area contributed by atoms with Crippen molar-refractivity contribution >= 4 is 45.6 Å². The number of guanidine groups is 1. The highest BCUT2D eigenvalue weighted by Crippen LogP contribution is 2.24. The van der Waals surface area contributed by atoms with Gasteiger partial charge in [-0.2, -0.15) is 4.31 Å². The minimum atomic E-state index is -3.40. The minimum Gasteiger partial charge on any atom is -0.370 e. The van der Waals surface area contributed by atoms with Gasteiger partial charge in [0, 0.05) is 25.3 Å². The van der Waals surface area contributed by atoms with Crippen LogP contribution in [0.4, 0.5) is 5.69 Å². The molecule has 1 heterocycles. The van der Waals surface area contributed by atoms with Gasteiger partial charge in [0.05, 0.1) is 4.90 Å². The lowest BCUT2D eigenvalue weighted by molar-refractivity contribution is 0.279.